The normalized spacial score (nSPS) is 15.2. The minimum atomic E-state index is -0.149. The smallest absolute Gasteiger partial charge is 0.123 e. The van der Waals surface area contributed by atoms with Gasteiger partial charge in [-0.1, -0.05) is 13.8 Å². The minimum Gasteiger partial charge on any atom is -0.371 e. The molecule has 1 aromatic carbocycles. The van der Waals surface area contributed by atoms with Crippen LogP contribution in [0, 0.1) is 11.7 Å². The van der Waals surface area contributed by atoms with E-state index in [4.69, 9.17) is 0 Å². The van der Waals surface area contributed by atoms with Crippen LogP contribution in [0.3, 0.4) is 0 Å². The zero-order chi connectivity index (χ0) is 13.1. The van der Waals surface area contributed by atoms with Gasteiger partial charge in [0.1, 0.15) is 5.82 Å². The summed E-state index contributed by atoms with van der Waals surface area (Å²) in [5.74, 6) is 0.465. The third kappa shape index (κ3) is 3.45. The summed E-state index contributed by atoms with van der Waals surface area (Å²) in [4.78, 5) is 2.28. The predicted octanol–water partition coefficient (Wildman–Crippen LogP) is 3.17. The van der Waals surface area contributed by atoms with E-state index in [1.165, 1.54) is 12.8 Å². The monoisotopic (exact) mass is 250 g/mol. The van der Waals surface area contributed by atoms with Crippen LogP contribution >= 0.6 is 0 Å². The fourth-order valence-electron chi connectivity index (χ4n) is 2.19. The Morgan fingerprint density at radius 1 is 1.39 bits per heavy atom. The third-order valence-electron chi connectivity index (χ3n) is 3.38. The molecule has 0 bridgehead atoms. The van der Waals surface area contributed by atoms with Gasteiger partial charge in [-0.15, -0.1) is 0 Å². The molecule has 1 aromatic rings. The number of nitrogens with zero attached hydrogens (tertiary/aromatic N) is 1. The molecule has 1 saturated carbocycles. The summed E-state index contributed by atoms with van der Waals surface area (Å²) in [5.41, 5.74) is 2.22. The van der Waals surface area contributed by atoms with Crippen molar-refractivity contribution in [1.82, 2.24) is 5.32 Å². The van der Waals surface area contributed by atoms with Gasteiger partial charge in [0.25, 0.3) is 0 Å². The van der Waals surface area contributed by atoms with Crippen LogP contribution in [-0.2, 0) is 6.54 Å². The van der Waals surface area contributed by atoms with Crippen molar-refractivity contribution in [3.63, 3.8) is 0 Å². The molecule has 2 nitrogen and oxygen atoms in total. The molecule has 0 amide bonds. The lowest BCUT2D eigenvalue weighted by Crippen LogP contribution is -2.24. The lowest BCUT2D eigenvalue weighted by Gasteiger charge is -2.22. The highest BCUT2D eigenvalue weighted by Gasteiger charge is 2.27. The molecular formula is C15H23FN2. The Balaban J connectivity index is 2.07. The number of nitrogens with one attached hydrogen (secondary N) is 1. The second kappa shape index (κ2) is 5.70. The molecule has 0 atom stereocenters. The molecule has 1 aliphatic rings. The van der Waals surface area contributed by atoms with E-state index in [2.05, 4.69) is 31.1 Å². The van der Waals surface area contributed by atoms with Crippen molar-refractivity contribution in [2.24, 2.45) is 5.92 Å². The van der Waals surface area contributed by atoms with E-state index >= 15 is 0 Å². The van der Waals surface area contributed by atoms with Gasteiger partial charge in [0.2, 0.25) is 0 Å². The van der Waals surface area contributed by atoms with Gasteiger partial charge in [-0.25, -0.2) is 4.39 Å². The molecule has 0 aliphatic heterocycles. The summed E-state index contributed by atoms with van der Waals surface area (Å²) in [7, 11) is 2.11. The zero-order valence-corrected chi connectivity index (χ0v) is 11.5. The molecule has 0 saturated heterocycles. The van der Waals surface area contributed by atoms with Gasteiger partial charge >= 0.3 is 0 Å². The maximum atomic E-state index is 13.4. The van der Waals surface area contributed by atoms with Crippen LogP contribution in [0.15, 0.2) is 18.2 Å². The average Bonchev–Trinajstić information content (AvgIpc) is 3.11. The standard InChI is InChI=1S/C15H23FN2/c1-11(2)9-17-10-12-8-13(16)4-7-15(12)18(3)14-5-6-14/h4,7-8,11,14,17H,5-6,9-10H2,1-3H3. The number of rotatable bonds is 6. The van der Waals surface area contributed by atoms with Crippen LogP contribution in [0.5, 0.6) is 0 Å². The third-order valence-corrected chi connectivity index (χ3v) is 3.38. The number of hydrogen-bond donors (Lipinski definition) is 1. The first-order valence-corrected chi connectivity index (χ1v) is 6.80. The predicted molar refractivity (Wildman–Crippen MR) is 74.4 cm³/mol. The summed E-state index contributed by atoms with van der Waals surface area (Å²) in [6.45, 7) is 6.05. The Kier molecular flexibility index (Phi) is 4.23. The highest BCUT2D eigenvalue weighted by atomic mass is 19.1. The Morgan fingerprint density at radius 3 is 2.72 bits per heavy atom. The van der Waals surface area contributed by atoms with Gasteiger partial charge in [-0.05, 0) is 49.1 Å². The number of hydrogen-bond acceptors (Lipinski definition) is 2. The summed E-state index contributed by atoms with van der Waals surface area (Å²) < 4.78 is 13.4. The maximum Gasteiger partial charge on any atom is 0.123 e. The largest absolute Gasteiger partial charge is 0.371 e. The van der Waals surface area contributed by atoms with Crippen molar-refractivity contribution in [3.8, 4) is 0 Å². The molecule has 0 radical (unpaired) electrons. The van der Waals surface area contributed by atoms with Gasteiger partial charge in [-0.3, -0.25) is 0 Å². The van der Waals surface area contributed by atoms with Gasteiger partial charge in [0.15, 0.2) is 0 Å². The molecular weight excluding hydrogens is 227 g/mol. The van der Waals surface area contributed by atoms with Gasteiger partial charge in [-0.2, -0.15) is 0 Å². The van der Waals surface area contributed by atoms with Crippen molar-refractivity contribution >= 4 is 5.69 Å². The first-order valence-electron chi connectivity index (χ1n) is 6.80. The topological polar surface area (TPSA) is 15.3 Å². The van der Waals surface area contributed by atoms with Crippen molar-refractivity contribution in [2.75, 3.05) is 18.5 Å². The Bertz CT molecular complexity index is 399. The van der Waals surface area contributed by atoms with E-state index in [0.29, 0.717) is 12.0 Å². The molecule has 0 unspecified atom stereocenters. The molecule has 2 rings (SSSR count). The summed E-state index contributed by atoms with van der Waals surface area (Å²) in [6.07, 6.45) is 2.51. The maximum absolute atomic E-state index is 13.4. The second-order valence-electron chi connectivity index (χ2n) is 5.64. The van der Waals surface area contributed by atoms with E-state index in [1.807, 2.05) is 6.07 Å². The van der Waals surface area contributed by atoms with Gasteiger partial charge in [0, 0.05) is 25.3 Å². The number of anilines is 1. The highest BCUT2D eigenvalue weighted by molar-refractivity contribution is 5.54. The average molecular weight is 250 g/mol. The van der Waals surface area contributed by atoms with Crippen LogP contribution in [0.4, 0.5) is 10.1 Å². The second-order valence-corrected chi connectivity index (χ2v) is 5.64. The molecule has 18 heavy (non-hydrogen) atoms. The van der Waals surface area contributed by atoms with E-state index in [-0.39, 0.29) is 5.82 Å². The van der Waals surface area contributed by atoms with Crippen LogP contribution in [0.1, 0.15) is 32.3 Å². The van der Waals surface area contributed by atoms with Gasteiger partial charge in [0.05, 0.1) is 0 Å². The quantitative estimate of drug-likeness (QED) is 0.834. The van der Waals surface area contributed by atoms with E-state index in [9.17, 15) is 4.39 Å². The van der Waals surface area contributed by atoms with E-state index < -0.39 is 0 Å². The number of benzene rings is 1. The van der Waals surface area contributed by atoms with Crippen molar-refractivity contribution in [2.45, 2.75) is 39.3 Å². The van der Waals surface area contributed by atoms with Crippen LogP contribution in [0.2, 0.25) is 0 Å². The fraction of sp³-hybridized carbons (Fsp3) is 0.600. The first kappa shape index (κ1) is 13.3. The number of halogens is 1. The lowest BCUT2D eigenvalue weighted by molar-refractivity contribution is 0.549. The molecule has 1 fully saturated rings. The molecule has 100 valence electrons. The summed E-state index contributed by atoms with van der Waals surface area (Å²) >= 11 is 0. The lowest BCUT2D eigenvalue weighted by atomic mass is 10.1. The molecule has 1 N–H and O–H groups in total. The van der Waals surface area contributed by atoms with Crippen LogP contribution < -0.4 is 10.2 Å². The van der Waals surface area contributed by atoms with Crippen molar-refractivity contribution in [1.29, 1.82) is 0 Å². The van der Waals surface area contributed by atoms with Crippen LogP contribution in [-0.4, -0.2) is 19.6 Å². The Hall–Kier alpha value is -1.09. The summed E-state index contributed by atoms with van der Waals surface area (Å²) in [6, 6.07) is 5.76. The van der Waals surface area contributed by atoms with Crippen LogP contribution in [0.25, 0.3) is 0 Å². The van der Waals surface area contributed by atoms with Crippen molar-refractivity contribution in [3.05, 3.63) is 29.6 Å². The molecule has 0 spiro atoms. The van der Waals surface area contributed by atoms with Crippen molar-refractivity contribution < 1.29 is 4.39 Å². The fourth-order valence-corrected chi connectivity index (χ4v) is 2.19. The zero-order valence-electron chi connectivity index (χ0n) is 11.5. The SMILES string of the molecule is CC(C)CNCc1cc(F)ccc1N(C)C1CC1. The molecule has 0 heterocycles. The van der Waals surface area contributed by atoms with Gasteiger partial charge < -0.3 is 10.2 Å². The minimum absolute atomic E-state index is 0.149. The molecule has 3 heteroatoms. The van der Waals surface area contributed by atoms with E-state index in [0.717, 1.165) is 24.3 Å². The Labute approximate surface area is 109 Å². The first-order chi connectivity index (χ1) is 8.58. The summed E-state index contributed by atoms with van der Waals surface area (Å²) in [5, 5.41) is 3.39. The molecule has 1 aliphatic carbocycles. The highest BCUT2D eigenvalue weighted by Crippen LogP contribution is 2.32. The molecule has 0 aromatic heterocycles. The Morgan fingerprint density at radius 2 is 2.11 bits per heavy atom. The van der Waals surface area contributed by atoms with E-state index in [1.54, 1.807) is 12.1 Å².